The number of anilines is 2. The number of nitro groups is 1. The van der Waals surface area contributed by atoms with Gasteiger partial charge in [-0.1, -0.05) is 27.5 Å². The standard InChI is InChI=1S/C15H11BrClN3O5/c16-8-1-3-11(18)10(5-8)15(22)25-7-14(21)19-12-4-2-9(17)6-13(12)20(23)24/h1-6H,7,18H2,(H,19,21). The average molecular weight is 429 g/mol. The Hall–Kier alpha value is -2.65. The number of ether oxygens (including phenoxy) is 1. The van der Waals surface area contributed by atoms with Gasteiger partial charge in [-0.2, -0.15) is 0 Å². The first-order valence-corrected chi connectivity index (χ1v) is 7.91. The quantitative estimate of drug-likeness (QED) is 0.325. The minimum atomic E-state index is -0.792. The number of nitro benzene ring substituents is 1. The van der Waals surface area contributed by atoms with E-state index < -0.39 is 23.4 Å². The largest absolute Gasteiger partial charge is 0.452 e. The predicted molar refractivity (Wildman–Crippen MR) is 95.6 cm³/mol. The highest BCUT2D eigenvalue weighted by Crippen LogP contribution is 2.27. The monoisotopic (exact) mass is 427 g/mol. The summed E-state index contributed by atoms with van der Waals surface area (Å²) in [6.07, 6.45) is 0. The Morgan fingerprint density at radius 3 is 2.68 bits per heavy atom. The number of carbonyl (C=O) groups excluding carboxylic acids is 2. The molecule has 10 heteroatoms. The predicted octanol–water partition coefficient (Wildman–Crippen LogP) is 3.39. The Morgan fingerprint density at radius 1 is 1.28 bits per heavy atom. The first-order chi connectivity index (χ1) is 11.8. The van der Waals surface area contributed by atoms with Crippen LogP contribution < -0.4 is 11.1 Å². The highest BCUT2D eigenvalue weighted by molar-refractivity contribution is 9.10. The second kappa shape index (κ2) is 7.95. The Balaban J connectivity index is 2.03. The van der Waals surface area contributed by atoms with Crippen LogP contribution in [0.2, 0.25) is 5.02 Å². The summed E-state index contributed by atoms with van der Waals surface area (Å²) < 4.78 is 5.49. The lowest BCUT2D eigenvalue weighted by molar-refractivity contribution is -0.383. The molecule has 130 valence electrons. The van der Waals surface area contributed by atoms with E-state index in [1.54, 1.807) is 6.07 Å². The van der Waals surface area contributed by atoms with Crippen LogP contribution in [0.1, 0.15) is 10.4 Å². The number of rotatable bonds is 5. The molecule has 8 nitrogen and oxygen atoms in total. The zero-order valence-corrected chi connectivity index (χ0v) is 14.8. The van der Waals surface area contributed by atoms with Crippen LogP contribution in [-0.2, 0) is 9.53 Å². The van der Waals surface area contributed by atoms with Gasteiger partial charge in [0.1, 0.15) is 5.69 Å². The van der Waals surface area contributed by atoms with E-state index >= 15 is 0 Å². The molecule has 0 aliphatic heterocycles. The van der Waals surface area contributed by atoms with Crippen molar-refractivity contribution in [1.82, 2.24) is 0 Å². The third-order valence-electron chi connectivity index (χ3n) is 3.00. The average Bonchev–Trinajstić information content (AvgIpc) is 2.56. The summed E-state index contributed by atoms with van der Waals surface area (Å²) in [6.45, 7) is -0.634. The number of hydrogen-bond acceptors (Lipinski definition) is 6. The lowest BCUT2D eigenvalue weighted by atomic mass is 10.2. The summed E-state index contributed by atoms with van der Waals surface area (Å²) in [6, 6.07) is 8.39. The summed E-state index contributed by atoms with van der Waals surface area (Å²) >= 11 is 8.89. The number of benzene rings is 2. The van der Waals surface area contributed by atoms with Crippen LogP contribution in [0.3, 0.4) is 0 Å². The van der Waals surface area contributed by atoms with Crippen molar-refractivity contribution in [3.05, 3.63) is 61.6 Å². The number of nitrogens with zero attached hydrogens (tertiary/aromatic N) is 1. The van der Waals surface area contributed by atoms with Crippen molar-refractivity contribution in [3.63, 3.8) is 0 Å². The molecule has 1 amide bonds. The fraction of sp³-hybridized carbons (Fsp3) is 0.0667. The zero-order valence-electron chi connectivity index (χ0n) is 12.5. The van der Waals surface area contributed by atoms with Gasteiger partial charge in [0.05, 0.1) is 10.5 Å². The van der Waals surface area contributed by atoms with Gasteiger partial charge in [0, 0.05) is 21.2 Å². The summed E-state index contributed by atoms with van der Waals surface area (Å²) in [5.74, 6) is -1.54. The molecule has 0 radical (unpaired) electrons. The number of esters is 1. The van der Waals surface area contributed by atoms with E-state index in [0.717, 1.165) is 6.07 Å². The Labute approximate surface area is 155 Å². The van der Waals surface area contributed by atoms with Crippen molar-refractivity contribution < 1.29 is 19.2 Å². The Kier molecular flexibility index (Phi) is 5.94. The van der Waals surface area contributed by atoms with Crippen LogP contribution in [0, 0.1) is 10.1 Å². The van der Waals surface area contributed by atoms with Gasteiger partial charge < -0.3 is 15.8 Å². The van der Waals surface area contributed by atoms with Gasteiger partial charge in [-0.05, 0) is 30.3 Å². The van der Waals surface area contributed by atoms with Crippen LogP contribution >= 0.6 is 27.5 Å². The molecular weight excluding hydrogens is 418 g/mol. The van der Waals surface area contributed by atoms with Crippen LogP contribution in [-0.4, -0.2) is 23.4 Å². The molecule has 0 unspecified atom stereocenters. The number of amides is 1. The fourth-order valence-corrected chi connectivity index (χ4v) is 2.39. The summed E-state index contributed by atoms with van der Waals surface area (Å²) in [5.41, 5.74) is 5.54. The maximum atomic E-state index is 12.0. The molecular formula is C15H11BrClN3O5. The molecule has 3 N–H and O–H groups in total. The summed E-state index contributed by atoms with van der Waals surface area (Å²) in [7, 11) is 0. The smallest absolute Gasteiger partial charge is 0.340 e. The number of hydrogen-bond donors (Lipinski definition) is 2. The maximum absolute atomic E-state index is 12.0. The van der Waals surface area contributed by atoms with E-state index in [1.165, 1.54) is 24.3 Å². The van der Waals surface area contributed by atoms with E-state index in [0.29, 0.717) is 4.47 Å². The minimum Gasteiger partial charge on any atom is -0.452 e. The lowest BCUT2D eigenvalue weighted by Gasteiger charge is -2.09. The van der Waals surface area contributed by atoms with E-state index in [2.05, 4.69) is 21.2 Å². The molecule has 2 aromatic rings. The maximum Gasteiger partial charge on any atom is 0.340 e. The molecule has 0 spiro atoms. The van der Waals surface area contributed by atoms with Crippen molar-refractivity contribution in [2.24, 2.45) is 0 Å². The van der Waals surface area contributed by atoms with Crippen LogP contribution in [0.25, 0.3) is 0 Å². The molecule has 0 aromatic heterocycles. The third kappa shape index (κ3) is 4.91. The van der Waals surface area contributed by atoms with Crippen molar-refractivity contribution >= 4 is 56.5 Å². The van der Waals surface area contributed by atoms with Crippen LogP contribution in [0.15, 0.2) is 40.9 Å². The molecule has 0 heterocycles. The second-order valence-electron chi connectivity index (χ2n) is 4.77. The van der Waals surface area contributed by atoms with E-state index in [9.17, 15) is 19.7 Å². The topological polar surface area (TPSA) is 125 Å². The Morgan fingerprint density at radius 2 is 2.00 bits per heavy atom. The van der Waals surface area contributed by atoms with E-state index in [4.69, 9.17) is 22.1 Å². The number of nitrogens with one attached hydrogen (secondary N) is 1. The Bertz CT molecular complexity index is 859. The zero-order chi connectivity index (χ0) is 18.6. The molecule has 2 rings (SSSR count). The minimum absolute atomic E-state index is 0.0579. The van der Waals surface area contributed by atoms with Crippen molar-refractivity contribution in [2.45, 2.75) is 0 Å². The lowest BCUT2D eigenvalue weighted by Crippen LogP contribution is -2.21. The molecule has 25 heavy (non-hydrogen) atoms. The molecule has 0 bridgehead atoms. The van der Waals surface area contributed by atoms with Crippen molar-refractivity contribution in [2.75, 3.05) is 17.7 Å². The molecule has 0 saturated heterocycles. The van der Waals surface area contributed by atoms with Gasteiger partial charge in [0.25, 0.3) is 11.6 Å². The molecule has 2 aromatic carbocycles. The number of nitrogens with two attached hydrogens (primary N) is 1. The second-order valence-corrected chi connectivity index (χ2v) is 6.13. The number of nitrogen functional groups attached to an aromatic ring is 1. The van der Waals surface area contributed by atoms with Crippen molar-refractivity contribution in [1.29, 1.82) is 0 Å². The molecule has 0 saturated carbocycles. The third-order valence-corrected chi connectivity index (χ3v) is 3.73. The van der Waals surface area contributed by atoms with Crippen LogP contribution in [0.4, 0.5) is 17.1 Å². The first kappa shape index (κ1) is 18.7. The van der Waals surface area contributed by atoms with Gasteiger partial charge >= 0.3 is 5.97 Å². The van der Waals surface area contributed by atoms with Gasteiger partial charge in [-0.15, -0.1) is 0 Å². The summed E-state index contributed by atoms with van der Waals surface area (Å²) in [5, 5.41) is 13.4. The van der Waals surface area contributed by atoms with Gasteiger partial charge in [0.2, 0.25) is 0 Å². The first-order valence-electron chi connectivity index (χ1n) is 6.74. The fourth-order valence-electron chi connectivity index (χ4n) is 1.86. The van der Waals surface area contributed by atoms with E-state index in [-0.39, 0.29) is 27.6 Å². The normalized spacial score (nSPS) is 10.2. The molecule has 0 fully saturated rings. The number of carbonyl (C=O) groups is 2. The number of halogens is 2. The van der Waals surface area contributed by atoms with Gasteiger partial charge in [0.15, 0.2) is 6.61 Å². The van der Waals surface area contributed by atoms with Crippen LogP contribution in [0.5, 0.6) is 0 Å². The summed E-state index contributed by atoms with van der Waals surface area (Å²) in [4.78, 5) is 34.1. The van der Waals surface area contributed by atoms with E-state index in [1.807, 2.05) is 0 Å². The van der Waals surface area contributed by atoms with Gasteiger partial charge in [-0.25, -0.2) is 4.79 Å². The molecule has 0 aliphatic rings. The highest BCUT2D eigenvalue weighted by atomic mass is 79.9. The molecule has 0 aliphatic carbocycles. The van der Waals surface area contributed by atoms with Gasteiger partial charge in [-0.3, -0.25) is 14.9 Å². The van der Waals surface area contributed by atoms with Crippen molar-refractivity contribution in [3.8, 4) is 0 Å². The molecule has 0 atom stereocenters. The SMILES string of the molecule is Nc1ccc(Br)cc1C(=O)OCC(=O)Nc1ccc(Cl)cc1[N+](=O)[O-]. The highest BCUT2D eigenvalue weighted by Gasteiger charge is 2.18.